The first kappa shape index (κ1) is 19.4. The van der Waals surface area contributed by atoms with Gasteiger partial charge in [0.2, 0.25) is 0 Å². The molecule has 30 heavy (non-hydrogen) atoms. The van der Waals surface area contributed by atoms with Gasteiger partial charge in [-0.2, -0.15) is 5.10 Å². The van der Waals surface area contributed by atoms with Crippen LogP contribution in [0.3, 0.4) is 0 Å². The normalized spacial score (nSPS) is 14.4. The van der Waals surface area contributed by atoms with Crippen molar-refractivity contribution in [1.29, 1.82) is 0 Å². The maximum atomic E-state index is 13.1. The van der Waals surface area contributed by atoms with Crippen LogP contribution >= 0.6 is 22.7 Å². The van der Waals surface area contributed by atoms with Gasteiger partial charge in [-0.1, -0.05) is 12.1 Å². The summed E-state index contributed by atoms with van der Waals surface area (Å²) in [5.41, 5.74) is 3.99. The number of hydrogen-bond donors (Lipinski definition) is 1. The van der Waals surface area contributed by atoms with Crippen LogP contribution in [0.4, 0.5) is 5.00 Å². The number of thiazole rings is 1. The highest BCUT2D eigenvalue weighted by Crippen LogP contribution is 2.45. The maximum Gasteiger partial charge on any atom is 0.274 e. The minimum absolute atomic E-state index is 0.120. The number of nitrogens with one attached hydrogen (secondary N) is 1. The Bertz CT molecular complexity index is 1200. The third-order valence-electron chi connectivity index (χ3n) is 5.37. The van der Waals surface area contributed by atoms with Crippen LogP contribution in [0.15, 0.2) is 36.5 Å². The number of rotatable bonds is 4. The first-order chi connectivity index (χ1) is 14.5. The molecule has 0 atom stereocenters. The van der Waals surface area contributed by atoms with Gasteiger partial charge in [-0.3, -0.25) is 9.48 Å². The molecule has 0 spiro atoms. The highest BCUT2D eigenvalue weighted by atomic mass is 32.1. The van der Waals surface area contributed by atoms with E-state index >= 15 is 0 Å². The number of benzene rings is 1. The van der Waals surface area contributed by atoms with Gasteiger partial charge in [0.25, 0.3) is 5.91 Å². The van der Waals surface area contributed by atoms with E-state index in [2.05, 4.69) is 28.4 Å². The van der Waals surface area contributed by atoms with Crippen LogP contribution in [-0.4, -0.2) is 39.2 Å². The Kier molecular flexibility index (Phi) is 4.92. The molecular formula is C22H23N5OS2. The summed E-state index contributed by atoms with van der Waals surface area (Å²) in [4.78, 5) is 21.7. The quantitative estimate of drug-likeness (QED) is 0.486. The zero-order valence-electron chi connectivity index (χ0n) is 17.2. The molecule has 8 heteroatoms. The molecule has 0 unspecified atom stereocenters. The topological polar surface area (TPSA) is 63.1 Å². The van der Waals surface area contributed by atoms with Crippen LogP contribution in [0.25, 0.3) is 20.8 Å². The molecule has 1 aliphatic heterocycles. The van der Waals surface area contributed by atoms with Crippen molar-refractivity contribution in [2.45, 2.75) is 32.9 Å². The third kappa shape index (κ3) is 3.34. The molecule has 6 nitrogen and oxygen atoms in total. The molecule has 0 saturated carbocycles. The Hall–Kier alpha value is -2.55. The second-order valence-electron chi connectivity index (χ2n) is 7.89. The van der Waals surface area contributed by atoms with E-state index in [1.165, 1.54) is 10.4 Å². The largest absolute Gasteiger partial charge is 0.312 e. The molecule has 1 aliphatic rings. The van der Waals surface area contributed by atoms with E-state index < -0.39 is 0 Å². The Morgan fingerprint density at radius 2 is 2.03 bits per heavy atom. The van der Waals surface area contributed by atoms with Gasteiger partial charge in [0, 0.05) is 35.8 Å². The summed E-state index contributed by atoms with van der Waals surface area (Å²) in [6.07, 6.45) is 2.64. The Balaban J connectivity index is 1.59. The highest BCUT2D eigenvalue weighted by molar-refractivity contribution is 7.22. The lowest BCUT2D eigenvalue weighted by Crippen LogP contribution is -2.25. The molecule has 0 fully saturated rings. The van der Waals surface area contributed by atoms with E-state index in [0.29, 0.717) is 5.69 Å². The number of aromatic nitrogens is 3. The number of thiophene rings is 1. The number of carbonyl (C=O) groups is 1. The van der Waals surface area contributed by atoms with Crippen molar-refractivity contribution in [3.05, 3.63) is 52.7 Å². The lowest BCUT2D eigenvalue weighted by molar-refractivity contribution is 0.101. The van der Waals surface area contributed by atoms with Gasteiger partial charge in [-0.25, -0.2) is 4.98 Å². The third-order valence-corrected chi connectivity index (χ3v) is 7.56. The molecule has 0 bridgehead atoms. The Labute approximate surface area is 183 Å². The molecule has 0 saturated heterocycles. The van der Waals surface area contributed by atoms with E-state index in [4.69, 9.17) is 4.98 Å². The molecule has 4 aromatic rings. The van der Waals surface area contributed by atoms with Crippen molar-refractivity contribution in [3.8, 4) is 10.6 Å². The van der Waals surface area contributed by atoms with Crippen molar-refractivity contribution in [2.75, 3.05) is 18.9 Å². The van der Waals surface area contributed by atoms with E-state index in [0.717, 1.165) is 45.3 Å². The van der Waals surface area contributed by atoms with Crippen molar-refractivity contribution in [1.82, 2.24) is 19.7 Å². The highest BCUT2D eigenvalue weighted by Gasteiger charge is 2.27. The number of nitrogens with zero attached hydrogens (tertiary/aromatic N) is 4. The second-order valence-corrected chi connectivity index (χ2v) is 10.0. The predicted octanol–water partition coefficient (Wildman–Crippen LogP) is 5.04. The maximum absolute atomic E-state index is 13.1. The number of anilines is 1. The van der Waals surface area contributed by atoms with Crippen LogP contribution < -0.4 is 5.32 Å². The minimum atomic E-state index is -0.129. The van der Waals surface area contributed by atoms with Crippen molar-refractivity contribution in [2.24, 2.45) is 0 Å². The van der Waals surface area contributed by atoms with Gasteiger partial charge < -0.3 is 10.2 Å². The summed E-state index contributed by atoms with van der Waals surface area (Å²) in [6, 6.07) is 10.1. The van der Waals surface area contributed by atoms with Gasteiger partial charge in [0.15, 0.2) is 0 Å². The second kappa shape index (κ2) is 7.61. The van der Waals surface area contributed by atoms with Crippen LogP contribution in [0, 0.1) is 0 Å². The number of likely N-dealkylation sites (N-methyl/N-ethyl adjacent to an activating group) is 1. The van der Waals surface area contributed by atoms with Gasteiger partial charge in [-0.15, -0.1) is 22.7 Å². The number of amides is 1. The van der Waals surface area contributed by atoms with E-state index in [1.807, 2.05) is 32.0 Å². The zero-order valence-corrected chi connectivity index (χ0v) is 18.8. The van der Waals surface area contributed by atoms with Gasteiger partial charge in [-0.05, 0) is 51.1 Å². The summed E-state index contributed by atoms with van der Waals surface area (Å²) in [5, 5.41) is 9.36. The average Bonchev–Trinajstić information content (AvgIpc) is 3.43. The van der Waals surface area contributed by atoms with Crippen LogP contribution in [-0.2, 0) is 13.0 Å². The smallest absolute Gasteiger partial charge is 0.274 e. The fourth-order valence-corrected chi connectivity index (χ4v) is 6.33. The molecule has 0 radical (unpaired) electrons. The van der Waals surface area contributed by atoms with E-state index in [9.17, 15) is 4.79 Å². The van der Waals surface area contributed by atoms with Gasteiger partial charge in [0.1, 0.15) is 15.7 Å². The predicted molar refractivity (Wildman–Crippen MR) is 124 cm³/mol. The summed E-state index contributed by atoms with van der Waals surface area (Å²) < 4.78 is 2.92. The molecule has 0 aliphatic carbocycles. The molecule has 5 rings (SSSR count). The zero-order chi connectivity index (χ0) is 20.8. The monoisotopic (exact) mass is 437 g/mol. The molecule has 1 amide bonds. The average molecular weight is 438 g/mol. The fourth-order valence-electron chi connectivity index (χ4n) is 3.90. The summed E-state index contributed by atoms with van der Waals surface area (Å²) in [7, 11) is 2.14. The lowest BCUT2D eigenvalue weighted by Gasteiger charge is -2.22. The van der Waals surface area contributed by atoms with Gasteiger partial charge >= 0.3 is 0 Å². The number of hydrogen-bond acceptors (Lipinski definition) is 6. The number of fused-ring (bicyclic) bond motifs is 2. The van der Waals surface area contributed by atoms with E-state index in [-0.39, 0.29) is 11.9 Å². The SMILES string of the molecule is CC(C)n1nccc1C(=O)Nc1sc2c(c1-c1nc3ccccc3s1)CCN(C)C2. The first-order valence-electron chi connectivity index (χ1n) is 10.0. The minimum Gasteiger partial charge on any atom is -0.312 e. The van der Waals surface area contributed by atoms with Crippen LogP contribution in [0.1, 0.15) is 40.8 Å². The molecule has 1 aromatic carbocycles. The standard InChI is InChI=1S/C22H23N5OS2/c1-13(2)27-16(8-10-23-27)20(28)25-22-19(14-9-11-26(3)12-18(14)30-22)21-24-15-6-4-5-7-17(15)29-21/h4-8,10,13H,9,11-12H2,1-3H3,(H,25,28). The van der Waals surface area contributed by atoms with Crippen molar-refractivity contribution in [3.63, 3.8) is 0 Å². The van der Waals surface area contributed by atoms with Crippen LogP contribution in [0.5, 0.6) is 0 Å². The lowest BCUT2D eigenvalue weighted by atomic mass is 10.0. The molecular weight excluding hydrogens is 414 g/mol. The summed E-state index contributed by atoms with van der Waals surface area (Å²) in [5.74, 6) is -0.129. The first-order valence-corrected chi connectivity index (χ1v) is 11.7. The van der Waals surface area contributed by atoms with Crippen LogP contribution in [0.2, 0.25) is 0 Å². The Morgan fingerprint density at radius 3 is 2.83 bits per heavy atom. The van der Waals surface area contributed by atoms with Gasteiger partial charge in [0.05, 0.1) is 10.2 Å². The summed E-state index contributed by atoms with van der Waals surface area (Å²) in [6.45, 7) is 5.96. The molecule has 3 aromatic heterocycles. The fraction of sp³-hybridized carbons (Fsp3) is 0.318. The van der Waals surface area contributed by atoms with Crippen molar-refractivity contribution < 1.29 is 4.79 Å². The molecule has 1 N–H and O–H groups in total. The molecule has 154 valence electrons. The number of para-hydroxylation sites is 1. The number of carbonyl (C=O) groups excluding carboxylic acids is 1. The Morgan fingerprint density at radius 1 is 1.20 bits per heavy atom. The molecule has 4 heterocycles. The van der Waals surface area contributed by atoms with E-state index in [1.54, 1.807) is 39.6 Å². The summed E-state index contributed by atoms with van der Waals surface area (Å²) >= 11 is 3.36. The van der Waals surface area contributed by atoms with Crippen molar-refractivity contribution >= 4 is 43.8 Å².